The minimum atomic E-state index is -0.413. The molecule has 8 aliphatic heterocycles. The van der Waals surface area contributed by atoms with E-state index in [0.717, 1.165) is 59.1 Å². The zero-order valence-corrected chi connectivity index (χ0v) is 51.1. The summed E-state index contributed by atoms with van der Waals surface area (Å²) in [4.78, 5) is 32.7. The van der Waals surface area contributed by atoms with Crippen LogP contribution in [0, 0.1) is 0 Å². The van der Waals surface area contributed by atoms with Gasteiger partial charge in [0.15, 0.2) is 0 Å². The Kier molecular flexibility index (Phi) is 18.0. The number of esters is 2. The van der Waals surface area contributed by atoms with Gasteiger partial charge < -0.3 is 9.47 Å². The molecule has 0 fully saturated rings. The van der Waals surface area contributed by atoms with Crippen molar-refractivity contribution in [3.63, 3.8) is 0 Å². The zero-order valence-electron chi connectivity index (χ0n) is 38.0. The summed E-state index contributed by atoms with van der Waals surface area (Å²) in [6, 6.07) is 27.4. The summed E-state index contributed by atoms with van der Waals surface area (Å²) in [7, 11) is 0. The first-order chi connectivity index (χ1) is 36.3. The molecule has 12 rings (SSSR count). The lowest BCUT2D eigenvalue weighted by Gasteiger charge is -2.12. The summed E-state index contributed by atoms with van der Waals surface area (Å²) in [5.41, 5.74) is 7.18. The molecule has 370 valence electrons. The van der Waals surface area contributed by atoms with Crippen molar-refractivity contribution in [3.05, 3.63) is 237 Å². The van der Waals surface area contributed by atoms with Gasteiger partial charge in [0, 0.05) is 45.3 Å². The number of thioether (sulfide) groups is 16. The van der Waals surface area contributed by atoms with Crippen LogP contribution < -0.4 is 9.47 Å². The third-order valence-corrected chi connectivity index (χ3v) is 31.2. The molecule has 20 heteroatoms. The van der Waals surface area contributed by atoms with Crippen molar-refractivity contribution in [3.8, 4) is 22.6 Å². The maximum absolute atomic E-state index is 13.8. The maximum Gasteiger partial charge on any atom is 0.343 e. The van der Waals surface area contributed by atoms with Crippen LogP contribution in [-0.2, 0) is 25.7 Å². The smallest absolute Gasteiger partial charge is 0.343 e. The van der Waals surface area contributed by atoms with Gasteiger partial charge in [0.1, 0.15) is 11.5 Å². The largest absolute Gasteiger partial charge is 0.423 e. The molecule has 0 saturated heterocycles. The van der Waals surface area contributed by atoms with Crippen LogP contribution in [0.15, 0.2) is 203 Å². The Labute approximate surface area is 498 Å². The monoisotopic (exact) mass is 1260 g/mol. The van der Waals surface area contributed by atoms with Gasteiger partial charge in [-0.1, -0.05) is 225 Å². The second-order valence-corrected chi connectivity index (χ2v) is 33.6. The predicted octanol–water partition coefficient (Wildman–Crippen LogP) is 21.6. The maximum atomic E-state index is 13.8. The van der Waals surface area contributed by atoms with E-state index in [0.29, 0.717) is 22.6 Å². The van der Waals surface area contributed by atoms with Gasteiger partial charge >= 0.3 is 11.9 Å². The molecule has 0 aromatic heterocycles. The number of hydrogen-bond donors (Lipinski definition) is 0. The lowest BCUT2D eigenvalue weighted by molar-refractivity contribution is 0.0725. The fourth-order valence-corrected chi connectivity index (χ4v) is 25.9. The molecule has 0 bridgehead atoms. The van der Waals surface area contributed by atoms with Crippen molar-refractivity contribution in [2.24, 2.45) is 0 Å². The predicted molar refractivity (Wildman–Crippen MR) is 348 cm³/mol. The van der Waals surface area contributed by atoms with Crippen molar-refractivity contribution < 1.29 is 19.1 Å². The second-order valence-electron chi connectivity index (χ2n) is 16.2. The van der Waals surface area contributed by atoms with E-state index in [-0.39, 0.29) is 0 Å². The molecular formula is C54H34O4S16. The van der Waals surface area contributed by atoms with E-state index >= 15 is 0 Å². The number of allylic oxidation sites excluding steroid dienone is 4. The molecule has 8 aliphatic rings. The van der Waals surface area contributed by atoms with Crippen LogP contribution in [0.3, 0.4) is 0 Å². The minimum absolute atomic E-state index is 0.413. The van der Waals surface area contributed by atoms with Gasteiger partial charge in [0.05, 0.1) is 45.0 Å². The number of hydrogen-bond acceptors (Lipinski definition) is 20. The van der Waals surface area contributed by atoms with Crippen molar-refractivity contribution in [1.29, 1.82) is 0 Å². The lowest BCUT2D eigenvalue weighted by atomic mass is 10.0. The molecule has 0 unspecified atom stereocenters. The highest BCUT2D eigenvalue weighted by Crippen LogP contribution is 2.57. The average Bonchev–Trinajstić information content (AvgIpc) is 4.25. The lowest BCUT2D eigenvalue weighted by Crippen LogP contribution is -2.09. The Morgan fingerprint density at radius 1 is 0.311 bits per heavy atom. The number of ether oxygens (including phenoxy) is 2. The number of carbonyl (C=O) groups excluding carboxylic acids is 2. The Balaban J connectivity index is 0.710. The first-order valence-electron chi connectivity index (χ1n) is 22.3. The third kappa shape index (κ3) is 13.5. The molecule has 0 saturated carbocycles. The highest BCUT2D eigenvalue weighted by molar-refractivity contribution is 8.35. The van der Waals surface area contributed by atoms with Crippen LogP contribution in [0.25, 0.3) is 11.1 Å². The topological polar surface area (TPSA) is 52.6 Å². The first-order valence-corrected chi connectivity index (χ1v) is 36.1. The summed E-state index contributed by atoms with van der Waals surface area (Å²) < 4.78 is 22.9. The third-order valence-electron chi connectivity index (χ3n) is 10.9. The van der Waals surface area contributed by atoms with Gasteiger partial charge in [0.25, 0.3) is 0 Å². The van der Waals surface area contributed by atoms with Crippen LogP contribution in [-0.4, -0.2) is 11.9 Å². The highest BCUT2D eigenvalue weighted by Gasteiger charge is 2.25. The molecule has 74 heavy (non-hydrogen) atoms. The van der Waals surface area contributed by atoms with E-state index in [4.69, 9.17) is 9.47 Å². The summed E-state index contributed by atoms with van der Waals surface area (Å²) in [6.07, 6.45) is 3.02. The summed E-state index contributed by atoms with van der Waals surface area (Å²) in [6.45, 7) is 0. The fraction of sp³-hybridized carbons (Fsp3) is 0.0741. The molecule has 0 spiro atoms. The molecule has 4 nitrogen and oxygen atoms in total. The number of carbonyl (C=O) groups is 2. The van der Waals surface area contributed by atoms with Gasteiger partial charge in [-0.15, -0.1) is 0 Å². The average molecular weight is 1260 g/mol. The highest BCUT2D eigenvalue weighted by atomic mass is 32.2. The van der Waals surface area contributed by atoms with Crippen LogP contribution in [0.2, 0.25) is 0 Å². The van der Waals surface area contributed by atoms with E-state index < -0.39 is 11.9 Å². The molecule has 0 amide bonds. The molecular weight excluding hydrogens is 1230 g/mol. The van der Waals surface area contributed by atoms with Crippen molar-refractivity contribution in [1.82, 2.24) is 0 Å². The standard InChI is InChI=1S/C54H34O4S16/c55-45(57-39-19-31(23-41-27-67-51(71-41)47-59-9-10-60-47)17-32(20-39)24-42-28-68-52(72-42)48-61-11-12-62-48)37-5-1-35(2-6-37)36-3-7-38(8-4-36)46(56)58-40-21-33(25-43-29-69-53(73-43)49-63-13-14-64-49)18-34(22-40)26-44-30-70-54(74-44)50-65-15-16-66-50/h1-22,27-30H,23-26H2. The van der Waals surface area contributed by atoms with Crippen LogP contribution in [0.4, 0.5) is 0 Å². The fourth-order valence-electron chi connectivity index (χ4n) is 7.75. The molecule has 4 aromatic carbocycles. The normalized spacial score (nSPS) is 19.0. The Bertz CT molecular complexity index is 2950. The zero-order chi connectivity index (χ0) is 49.8. The molecule has 0 radical (unpaired) electrons. The van der Waals surface area contributed by atoms with E-state index in [1.807, 2.05) is 95.6 Å². The van der Waals surface area contributed by atoms with Crippen LogP contribution in [0.5, 0.6) is 11.5 Å². The quantitative estimate of drug-likeness (QED) is 0.0942. The summed E-state index contributed by atoms with van der Waals surface area (Å²) >= 11 is 28.7. The van der Waals surface area contributed by atoms with E-state index in [1.165, 1.54) is 53.5 Å². The van der Waals surface area contributed by atoms with Crippen molar-refractivity contribution in [2.45, 2.75) is 25.7 Å². The van der Waals surface area contributed by atoms with Gasteiger partial charge in [-0.2, -0.15) is 0 Å². The number of benzene rings is 4. The van der Waals surface area contributed by atoms with Crippen molar-refractivity contribution in [2.75, 3.05) is 0 Å². The summed E-state index contributed by atoms with van der Waals surface area (Å²) in [5.74, 6) is 0.252. The second kappa shape index (κ2) is 25.2. The van der Waals surface area contributed by atoms with Gasteiger partial charge in [0.2, 0.25) is 0 Å². The molecule has 0 N–H and O–H groups in total. The molecule has 0 aliphatic carbocycles. The number of rotatable bonds is 13. The van der Waals surface area contributed by atoms with Gasteiger partial charge in [-0.05, 0) is 147 Å². The van der Waals surface area contributed by atoms with Gasteiger partial charge in [-0.25, -0.2) is 9.59 Å². The van der Waals surface area contributed by atoms with E-state index in [9.17, 15) is 9.59 Å². The molecule has 4 aromatic rings. The Morgan fingerprint density at radius 3 is 0.824 bits per heavy atom. The van der Waals surface area contributed by atoms with E-state index in [1.54, 1.807) is 165 Å². The minimum Gasteiger partial charge on any atom is -0.423 e. The van der Waals surface area contributed by atoms with Crippen LogP contribution >= 0.6 is 188 Å². The SMILES string of the molecule is O=C(Oc1cc(CC2=CSC(=C3SC=CS3)S2)cc(CC2=CSC(=C3SC=CS3)S2)c1)c1ccc(-c2ccc(C(=O)Oc3cc(CC4=CSC(=C5SC=CS5)S4)cc(CC4=CSC(=C5SC=CS5)S4)c3)cc2)cc1. The van der Waals surface area contributed by atoms with Crippen LogP contribution in [0.1, 0.15) is 43.0 Å². The molecule has 0 atom stereocenters. The van der Waals surface area contributed by atoms with Crippen molar-refractivity contribution >= 4 is 200 Å². The molecule has 8 heterocycles. The summed E-state index contributed by atoms with van der Waals surface area (Å²) in [5, 5.41) is 26.1. The van der Waals surface area contributed by atoms with E-state index in [2.05, 4.69) is 77.0 Å². The van der Waals surface area contributed by atoms with Gasteiger partial charge in [-0.3, -0.25) is 0 Å². The first kappa shape index (κ1) is 53.0. The Morgan fingerprint density at radius 2 is 0.568 bits per heavy atom. The Hall–Kier alpha value is -1.70.